The molecule has 1 atom stereocenters. The van der Waals surface area contributed by atoms with E-state index in [0.29, 0.717) is 5.06 Å². The van der Waals surface area contributed by atoms with Crippen LogP contribution in [0.2, 0.25) is 0 Å². The Morgan fingerprint density at radius 1 is 1.33 bits per heavy atom. The molecule has 0 aromatic rings. The fourth-order valence-electron chi connectivity index (χ4n) is 2.47. The minimum absolute atomic E-state index is 0.137. The van der Waals surface area contributed by atoms with Crippen LogP contribution in [-0.4, -0.2) is 47.9 Å². The molecule has 6 heteroatoms. The molecule has 0 radical (unpaired) electrons. The summed E-state index contributed by atoms with van der Waals surface area (Å²) < 4.78 is 0. The van der Waals surface area contributed by atoms with Gasteiger partial charge in [0, 0.05) is 19.4 Å². The van der Waals surface area contributed by atoms with E-state index in [1.165, 1.54) is 0 Å². The summed E-state index contributed by atoms with van der Waals surface area (Å²) in [5.74, 6) is -1.08. The van der Waals surface area contributed by atoms with Crippen molar-refractivity contribution in [3.8, 4) is 0 Å². The van der Waals surface area contributed by atoms with E-state index in [9.17, 15) is 14.4 Å². The number of rotatable bonds is 3. The summed E-state index contributed by atoms with van der Waals surface area (Å²) in [6.07, 6.45) is 2.59. The Labute approximate surface area is 106 Å². The van der Waals surface area contributed by atoms with E-state index in [2.05, 4.69) is 4.90 Å². The molecular weight excluding hydrogens is 236 g/mol. The van der Waals surface area contributed by atoms with Gasteiger partial charge in [-0.15, -0.1) is 5.06 Å². The van der Waals surface area contributed by atoms with E-state index in [4.69, 9.17) is 4.84 Å². The average Bonchev–Trinajstić information content (AvgIpc) is 2.61. The highest BCUT2D eigenvalue weighted by Crippen LogP contribution is 2.20. The van der Waals surface area contributed by atoms with Crippen LogP contribution in [0.15, 0.2) is 0 Å². The fourth-order valence-corrected chi connectivity index (χ4v) is 2.47. The van der Waals surface area contributed by atoms with Gasteiger partial charge in [0.05, 0.1) is 6.42 Å². The Morgan fingerprint density at radius 3 is 2.61 bits per heavy atom. The third kappa shape index (κ3) is 3.07. The third-order valence-corrected chi connectivity index (χ3v) is 3.38. The lowest BCUT2D eigenvalue weighted by Gasteiger charge is -2.29. The zero-order valence-corrected chi connectivity index (χ0v) is 10.6. The van der Waals surface area contributed by atoms with Crippen molar-refractivity contribution in [3.05, 3.63) is 0 Å². The van der Waals surface area contributed by atoms with Crippen LogP contribution in [0.25, 0.3) is 0 Å². The van der Waals surface area contributed by atoms with Gasteiger partial charge < -0.3 is 9.74 Å². The van der Waals surface area contributed by atoms with Crippen molar-refractivity contribution in [1.82, 2.24) is 9.96 Å². The van der Waals surface area contributed by atoms with Crippen LogP contribution >= 0.6 is 0 Å². The zero-order chi connectivity index (χ0) is 13.1. The molecule has 2 aliphatic heterocycles. The lowest BCUT2D eigenvalue weighted by atomic mass is 9.95. The van der Waals surface area contributed by atoms with Crippen molar-refractivity contribution in [2.75, 3.05) is 20.1 Å². The first kappa shape index (κ1) is 13.0. The number of piperidine rings is 1. The largest absolute Gasteiger partial charge is 0.333 e. The predicted molar refractivity (Wildman–Crippen MR) is 62.0 cm³/mol. The van der Waals surface area contributed by atoms with Gasteiger partial charge in [-0.1, -0.05) is 0 Å². The van der Waals surface area contributed by atoms with Gasteiger partial charge in [-0.2, -0.15) is 0 Å². The minimum atomic E-state index is -0.487. The number of hydrogen-bond donors (Lipinski definition) is 0. The molecule has 2 heterocycles. The number of nitrogens with zero attached hydrogens (tertiary/aromatic N) is 2. The zero-order valence-electron chi connectivity index (χ0n) is 10.6. The highest BCUT2D eigenvalue weighted by atomic mass is 16.7. The van der Waals surface area contributed by atoms with Crippen molar-refractivity contribution in [1.29, 1.82) is 0 Å². The lowest BCUT2D eigenvalue weighted by Crippen LogP contribution is -2.36. The number of carbonyl (C=O) groups is 3. The van der Waals surface area contributed by atoms with Gasteiger partial charge in [-0.25, -0.2) is 4.79 Å². The van der Waals surface area contributed by atoms with Crippen LogP contribution in [0, 0.1) is 5.92 Å². The van der Waals surface area contributed by atoms with Crippen molar-refractivity contribution < 1.29 is 19.2 Å². The van der Waals surface area contributed by atoms with Gasteiger partial charge in [-0.05, 0) is 32.4 Å². The summed E-state index contributed by atoms with van der Waals surface area (Å²) in [5, 5.41) is 0.620. The summed E-state index contributed by atoms with van der Waals surface area (Å²) >= 11 is 0. The summed E-state index contributed by atoms with van der Waals surface area (Å²) in [6.45, 7) is 1.91. The Bertz CT molecular complexity index is 353. The number of hydroxylamine groups is 2. The maximum absolute atomic E-state index is 11.7. The molecular formula is C12H18N2O4. The van der Waals surface area contributed by atoms with Crippen LogP contribution < -0.4 is 0 Å². The van der Waals surface area contributed by atoms with Crippen LogP contribution in [0.5, 0.6) is 0 Å². The molecule has 6 nitrogen and oxygen atoms in total. The van der Waals surface area contributed by atoms with Gasteiger partial charge in [-0.3, -0.25) is 9.59 Å². The first-order valence-electron chi connectivity index (χ1n) is 6.31. The number of amides is 2. The Hall–Kier alpha value is -1.43. The molecule has 2 amide bonds. The number of hydrogen-bond acceptors (Lipinski definition) is 5. The standard InChI is InChI=1S/C12H18N2O4/c1-13-6-2-3-9(8-13)7-12(17)18-14-10(15)4-5-11(14)16/h9H,2-8H2,1H3. The summed E-state index contributed by atoms with van der Waals surface area (Å²) in [6, 6.07) is 0. The fraction of sp³-hybridized carbons (Fsp3) is 0.750. The van der Waals surface area contributed by atoms with Crippen molar-refractivity contribution >= 4 is 17.8 Å². The first-order chi connectivity index (χ1) is 8.56. The number of carbonyl (C=O) groups excluding carboxylic acids is 3. The molecule has 0 aromatic heterocycles. The number of likely N-dealkylation sites (tertiary alicyclic amines) is 1. The minimum Gasteiger partial charge on any atom is -0.330 e. The second-order valence-corrected chi connectivity index (χ2v) is 5.02. The van der Waals surface area contributed by atoms with Crippen molar-refractivity contribution in [2.24, 2.45) is 5.92 Å². The smallest absolute Gasteiger partial charge is 0.330 e. The number of imide groups is 1. The Morgan fingerprint density at radius 2 is 2.00 bits per heavy atom. The van der Waals surface area contributed by atoms with Crippen LogP contribution in [0.3, 0.4) is 0 Å². The molecule has 0 spiro atoms. The van der Waals surface area contributed by atoms with E-state index < -0.39 is 17.8 Å². The van der Waals surface area contributed by atoms with Crippen LogP contribution in [0.1, 0.15) is 32.1 Å². The highest BCUT2D eigenvalue weighted by Gasteiger charge is 2.33. The third-order valence-electron chi connectivity index (χ3n) is 3.38. The molecule has 2 fully saturated rings. The average molecular weight is 254 g/mol. The molecule has 100 valence electrons. The van der Waals surface area contributed by atoms with Gasteiger partial charge in [0.2, 0.25) is 0 Å². The lowest BCUT2D eigenvalue weighted by molar-refractivity contribution is -0.198. The summed E-state index contributed by atoms with van der Waals surface area (Å²) in [4.78, 5) is 41.3. The van der Waals surface area contributed by atoms with Gasteiger partial charge in [0.25, 0.3) is 11.8 Å². The molecule has 1 unspecified atom stereocenters. The molecule has 0 aliphatic carbocycles. The summed E-state index contributed by atoms with van der Waals surface area (Å²) in [5.41, 5.74) is 0. The topological polar surface area (TPSA) is 66.9 Å². The second-order valence-electron chi connectivity index (χ2n) is 5.02. The Balaban J connectivity index is 1.81. The van der Waals surface area contributed by atoms with Crippen molar-refractivity contribution in [2.45, 2.75) is 32.1 Å². The second kappa shape index (κ2) is 5.48. The van der Waals surface area contributed by atoms with E-state index in [1.54, 1.807) is 0 Å². The van der Waals surface area contributed by atoms with E-state index >= 15 is 0 Å². The quantitative estimate of drug-likeness (QED) is 0.679. The maximum atomic E-state index is 11.7. The molecule has 0 bridgehead atoms. The molecule has 18 heavy (non-hydrogen) atoms. The first-order valence-corrected chi connectivity index (χ1v) is 6.31. The van der Waals surface area contributed by atoms with E-state index in [-0.39, 0.29) is 25.2 Å². The Kier molecular flexibility index (Phi) is 3.96. The van der Waals surface area contributed by atoms with E-state index in [0.717, 1.165) is 25.9 Å². The SMILES string of the molecule is CN1CCCC(CC(=O)ON2C(=O)CCC2=O)C1. The van der Waals surface area contributed by atoms with Gasteiger partial charge >= 0.3 is 5.97 Å². The molecule has 0 aromatic carbocycles. The molecule has 0 N–H and O–H groups in total. The van der Waals surface area contributed by atoms with E-state index in [1.807, 2.05) is 7.05 Å². The highest BCUT2D eigenvalue weighted by molar-refractivity contribution is 6.01. The summed E-state index contributed by atoms with van der Waals surface area (Å²) in [7, 11) is 2.02. The van der Waals surface area contributed by atoms with Gasteiger partial charge in [0.1, 0.15) is 0 Å². The predicted octanol–water partition coefficient (Wildman–Crippen LogP) is 0.325. The normalized spacial score (nSPS) is 25.6. The molecule has 0 saturated carbocycles. The molecule has 2 rings (SSSR count). The van der Waals surface area contributed by atoms with Crippen molar-refractivity contribution in [3.63, 3.8) is 0 Å². The molecule has 2 saturated heterocycles. The van der Waals surface area contributed by atoms with Crippen LogP contribution in [0.4, 0.5) is 0 Å². The van der Waals surface area contributed by atoms with Crippen LogP contribution in [-0.2, 0) is 19.2 Å². The monoisotopic (exact) mass is 254 g/mol. The maximum Gasteiger partial charge on any atom is 0.333 e. The van der Waals surface area contributed by atoms with Gasteiger partial charge in [0.15, 0.2) is 0 Å². The molecule has 2 aliphatic rings.